The van der Waals surface area contributed by atoms with E-state index >= 15 is 0 Å². The summed E-state index contributed by atoms with van der Waals surface area (Å²) >= 11 is 0. The Bertz CT molecular complexity index is 446. The van der Waals surface area contributed by atoms with Crippen LogP contribution >= 0.6 is 0 Å². The highest BCUT2D eigenvalue weighted by Crippen LogP contribution is 2.15. The summed E-state index contributed by atoms with van der Waals surface area (Å²) in [5.74, 6) is 0. The summed E-state index contributed by atoms with van der Waals surface area (Å²) in [6, 6.07) is 10.5. The van der Waals surface area contributed by atoms with Gasteiger partial charge in [-0.3, -0.25) is 4.98 Å². The third-order valence-electron chi connectivity index (χ3n) is 2.76. The molecule has 0 spiro atoms. The molecule has 0 aliphatic rings. The van der Waals surface area contributed by atoms with Crippen LogP contribution < -0.4 is 5.32 Å². The van der Waals surface area contributed by atoms with Crippen LogP contribution in [0.5, 0.6) is 0 Å². The van der Waals surface area contributed by atoms with Crippen LogP contribution in [-0.2, 0) is 6.54 Å². The molecule has 1 heterocycles. The van der Waals surface area contributed by atoms with Gasteiger partial charge in [0.25, 0.3) is 0 Å². The second-order valence-corrected chi connectivity index (χ2v) is 4.01. The van der Waals surface area contributed by atoms with E-state index in [2.05, 4.69) is 47.6 Å². The SMILES string of the molecule is CCCCNCc1nccc2ccccc12. The number of aromatic nitrogens is 1. The van der Waals surface area contributed by atoms with Crippen molar-refractivity contribution in [3.8, 4) is 0 Å². The summed E-state index contributed by atoms with van der Waals surface area (Å²) in [4.78, 5) is 4.44. The Morgan fingerprint density at radius 3 is 2.94 bits per heavy atom. The Kier molecular flexibility index (Phi) is 3.89. The van der Waals surface area contributed by atoms with Gasteiger partial charge in [-0.15, -0.1) is 0 Å². The van der Waals surface area contributed by atoms with Gasteiger partial charge in [-0.25, -0.2) is 0 Å². The molecule has 1 aromatic carbocycles. The number of nitrogens with one attached hydrogen (secondary N) is 1. The molecule has 2 nitrogen and oxygen atoms in total. The van der Waals surface area contributed by atoms with Gasteiger partial charge in [-0.05, 0) is 24.4 Å². The Hall–Kier alpha value is -1.41. The van der Waals surface area contributed by atoms with Crippen LogP contribution in [0.3, 0.4) is 0 Å². The van der Waals surface area contributed by atoms with E-state index in [0.29, 0.717) is 0 Å². The monoisotopic (exact) mass is 214 g/mol. The van der Waals surface area contributed by atoms with Gasteiger partial charge in [-0.1, -0.05) is 37.6 Å². The average Bonchev–Trinajstić information content (AvgIpc) is 2.35. The summed E-state index contributed by atoms with van der Waals surface area (Å²) in [6.45, 7) is 4.14. The molecule has 1 aromatic heterocycles. The van der Waals surface area contributed by atoms with Crippen LogP contribution in [-0.4, -0.2) is 11.5 Å². The molecule has 0 radical (unpaired) electrons. The molecule has 0 bridgehead atoms. The van der Waals surface area contributed by atoms with E-state index in [1.807, 2.05) is 6.20 Å². The molecule has 2 heteroatoms. The summed E-state index contributed by atoms with van der Waals surface area (Å²) in [7, 11) is 0. The van der Waals surface area contributed by atoms with Crippen molar-refractivity contribution in [2.45, 2.75) is 26.3 Å². The van der Waals surface area contributed by atoms with E-state index in [4.69, 9.17) is 0 Å². The number of hydrogen-bond donors (Lipinski definition) is 1. The number of nitrogens with zero attached hydrogens (tertiary/aromatic N) is 1. The van der Waals surface area contributed by atoms with Crippen LogP contribution in [0.25, 0.3) is 10.8 Å². The first kappa shape index (κ1) is 11.1. The number of benzene rings is 1. The smallest absolute Gasteiger partial charge is 0.0619 e. The van der Waals surface area contributed by atoms with Crippen molar-refractivity contribution in [1.29, 1.82) is 0 Å². The zero-order valence-corrected chi connectivity index (χ0v) is 9.74. The van der Waals surface area contributed by atoms with Crippen molar-refractivity contribution in [2.75, 3.05) is 6.54 Å². The second kappa shape index (κ2) is 5.61. The molecule has 0 saturated heterocycles. The van der Waals surface area contributed by atoms with Crippen LogP contribution in [0.1, 0.15) is 25.5 Å². The van der Waals surface area contributed by atoms with Gasteiger partial charge in [0.15, 0.2) is 0 Å². The molecule has 0 saturated carbocycles. The fourth-order valence-corrected chi connectivity index (χ4v) is 1.83. The molecule has 0 unspecified atom stereocenters. The maximum absolute atomic E-state index is 4.44. The molecule has 0 amide bonds. The normalized spacial score (nSPS) is 10.8. The number of pyridine rings is 1. The van der Waals surface area contributed by atoms with Gasteiger partial charge in [0, 0.05) is 18.1 Å². The minimum absolute atomic E-state index is 0.862. The molecule has 0 aliphatic heterocycles. The van der Waals surface area contributed by atoms with Gasteiger partial charge in [0.1, 0.15) is 0 Å². The summed E-state index contributed by atoms with van der Waals surface area (Å²) in [5, 5.41) is 5.96. The Morgan fingerprint density at radius 1 is 1.19 bits per heavy atom. The predicted octanol–water partition coefficient (Wildman–Crippen LogP) is 3.12. The summed E-state index contributed by atoms with van der Waals surface area (Å²) in [5.41, 5.74) is 1.15. The van der Waals surface area contributed by atoms with Crippen LogP contribution in [0.2, 0.25) is 0 Å². The molecule has 0 atom stereocenters. The minimum Gasteiger partial charge on any atom is -0.311 e. The lowest BCUT2D eigenvalue weighted by Gasteiger charge is -2.06. The van der Waals surface area contributed by atoms with Crippen molar-refractivity contribution in [1.82, 2.24) is 10.3 Å². The van der Waals surface area contributed by atoms with Gasteiger partial charge < -0.3 is 5.32 Å². The highest BCUT2D eigenvalue weighted by Gasteiger charge is 2.00. The molecule has 0 fully saturated rings. The largest absolute Gasteiger partial charge is 0.311 e. The van der Waals surface area contributed by atoms with Crippen molar-refractivity contribution in [3.05, 3.63) is 42.2 Å². The Labute approximate surface area is 96.7 Å². The second-order valence-electron chi connectivity index (χ2n) is 4.01. The first-order valence-corrected chi connectivity index (χ1v) is 5.95. The maximum atomic E-state index is 4.44. The molecule has 84 valence electrons. The van der Waals surface area contributed by atoms with Gasteiger partial charge >= 0.3 is 0 Å². The molecule has 0 aliphatic carbocycles. The molecular weight excluding hydrogens is 196 g/mol. The quantitative estimate of drug-likeness (QED) is 0.773. The van der Waals surface area contributed by atoms with Crippen LogP contribution in [0.15, 0.2) is 36.5 Å². The van der Waals surface area contributed by atoms with Crippen molar-refractivity contribution in [3.63, 3.8) is 0 Å². The highest BCUT2D eigenvalue weighted by atomic mass is 14.9. The van der Waals surface area contributed by atoms with E-state index in [-0.39, 0.29) is 0 Å². The van der Waals surface area contributed by atoms with E-state index in [9.17, 15) is 0 Å². The first-order chi connectivity index (χ1) is 7.92. The average molecular weight is 214 g/mol. The Morgan fingerprint density at radius 2 is 2.06 bits per heavy atom. The maximum Gasteiger partial charge on any atom is 0.0619 e. The number of fused-ring (bicyclic) bond motifs is 1. The fraction of sp³-hybridized carbons (Fsp3) is 0.357. The third-order valence-corrected chi connectivity index (χ3v) is 2.76. The zero-order chi connectivity index (χ0) is 11.2. The van der Waals surface area contributed by atoms with E-state index in [0.717, 1.165) is 18.8 Å². The van der Waals surface area contributed by atoms with E-state index < -0.39 is 0 Å². The first-order valence-electron chi connectivity index (χ1n) is 5.95. The van der Waals surface area contributed by atoms with Crippen molar-refractivity contribution in [2.24, 2.45) is 0 Å². The lowest BCUT2D eigenvalue weighted by Crippen LogP contribution is -2.15. The molecule has 16 heavy (non-hydrogen) atoms. The number of unbranched alkanes of at least 4 members (excludes halogenated alkanes) is 1. The lowest BCUT2D eigenvalue weighted by atomic mass is 10.1. The zero-order valence-electron chi connectivity index (χ0n) is 9.74. The molecular formula is C14H18N2. The van der Waals surface area contributed by atoms with Gasteiger partial charge in [0.05, 0.1) is 5.69 Å². The minimum atomic E-state index is 0.862. The lowest BCUT2D eigenvalue weighted by molar-refractivity contribution is 0.636. The van der Waals surface area contributed by atoms with Crippen LogP contribution in [0, 0.1) is 0 Å². The molecule has 2 rings (SSSR count). The third kappa shape index (κ3) is 2.58. The van der Waals surface area contributed by atoms with E-state index in [1.165, 1.54) is 23.6 Å². The summed E-state index contributed by atoms with van der Waals surface area (Å²) < 4.78 is 0. The van der Waals surface area contributed by atoms with Gasteiger partial charge in [0.2, 0.25) is 0 Å². The summed E-state index contributed by atoms with van der Waals surface area (Å²) in [6.07, 6.45) is 4.35. The standard InChI is InChI=1S/C14H18N2/c1-2-3-9-15-11-14-13-7-5-4-6-12(13)8-10-16-14/h4-8,10,15H,2-3,9,11H2,1H3. The number of rotatable bonds is 5. The fourth-order valence-electron chi connectivity index (χ4n) is 1.83. The van der Waals surface area contributed by atoms with Crippen LogP contribution in [0.4, 0.5) is 0 Å². The molecule has 2 aromatic rings. The Balaban J connectivity index is 2.11. The van der Waals surface area contributed by atoms with E-state index in [1.54, 1.807) is 0 Å². The van der Waals surface area contributed by atoms with Gasteiger partial charge in [-0.2, -0.15) is 0 Å². The predicted molar refractivity (Wildman–Crippen MR) is 68.4 cm³/mol. The topological polar surface area (TPSA) is 24.9 Å². The van der Waals surface area contributed by atoms with Crippen molar-refractivity contribution < 1.29 is 0 Å². The highest BCUT2D eigenvalue weighted by molar-refractivity contribution is 5.84. The molecule has 1 N–H and O–H groups in total. The number of hydrogen-bond acceptors (Lipinski definition) is 2. The van der Waals surface area contributed by atoms with Crippen molar-refractivity contribution >= 4 is 10.8 Å².